The number of ether oxygens (including phenoxy) is 1. The number of rotatable bonds is 9. The molecule has 0 spiro atoms. The Morgan fingerprint density at radius 3 is 2.85 bits per heavy atom. The number of benzene rings is 1. The number of nitrogens with one attached hydrogen (secondary N) is 2. The third kappa shape index (κ3) is 5.80. The third-order valence-electron chi connectivity index (χ3n) is 3.80. The quantitative estimate of drug-likeness (QED) is 0.701. The van der Waals surface area contributed by atoms with E-state index in [0.29, 0.717) is 22.4 Å². The molecule has 1 atom stereocenters. The van der Waals surface area contributed by atoms with Crippen LogP contribution in [0.2, 0.25) is 0 Å². The molecule has 26 heavy (non-hydrogen) atoms. The largest absolute Gasteiger partial charge is 0.497 e. The standard InChI is InChI=1S/C18H24N4O3S/c1-4-6-12(2)17-21-22-18(26-17)20-15(23)9-10-19-16(24)13-7-5-8-14(11-13)25-3/h5,7-8,11-12H,4,6,9-10H2,1-3H3,(H,19,24)(H,20,22,23). The van der Waals surface area contributed by atoms with E-state index < -0.39 is 0 Å². The highest BCUT2D eigenvalue weighted by atomic mass is 32.1. The van der Waals surface area contributed by atoms with Crippen molar-refractivity contribution in [1.82, 2.24) is 15.5 Å². The van der Waals surface area contributed by atoms with Crippen molar-refractivity contribution in [3.05, 3.63) is 34.8 Å². The van der Waals surface area contributed by atoms with Crippen LogP contribution >= 0.6 is 11.3 Å². The number of hydrogen-bond acceptors (Lipinski definition) is 6. The van der Waals surface area contributed by atoms with Crippen molar-refractivity contribution in [2.45, 2.75) is 39.0 Å². The molecule has 1 aromatic heterocycles. The number of amides is 2. The van der Waals surface area contributed by atoms with Gasteiger partial charge in [0.1, 0.15) is 10.8 Å². The van der Waals surface area contributed by atoms with Crippen molar-refractivity contribution in [3.63, 3.8) is 0 Å². The predicted molar refractivity (Wildman–Crippen MR) is 102 cm³/mol. The lowest BCUT2D eigenvalue weighted by Gasteiger charge is -2.06. The Labute approximate surface area is 157 Å². The normalized spacial score (nSPS) is 11.7. The second-order valence-corrected chi connectivity index (χ2v) is 6.93. The molecule has 2 N–H and O–H groups in total. The average Bonchev–Trinajstić information content (AvgIpc) is 3.10. The minimum absolute atomic E-state index is 0.162. The molecular weight excluding hydrogens is 352 g/mol. The zero-order chi connectivity index (χ0) is 18.9. The van der Waals surface area contributed by atoms with Crippen LogP contribution in [0.25, 0.3) is 0 Å². The molecule has 0 aliphatic carbocycles. The van der Waals surface area contributed by atoms with E-state index in [2.05, 4.69) is 34.7 Å². The Bertz CT molecular complexity index is 748. The van der Waals surface area contributed by atoms with E-state index in [9.17, 15) is 9.59 Å². The topological polar surface area (TPSA) is 93.2 Å². The predicted octanol–water partition coefficient (Wildman–Crippen LogP) is 3.21. The van der Waals surface area contributed by atoms with Gasteiger partial charge in [-0.1, -0.05) is 37.7 Å². The Morgan fingerprint density at radius 2 is 2.12 bits per heavy atom. The van der Waals surface area contributed by atoms with E-state index in [1.807, 2.05) is 0 Å². The van der Waals surface area contributed by atoms with Gasteiger partial charge in [-0.25, -0.2) is 0 Å². The molecule has 140 valence electrons. The highest BCUT2D eigenvalue weighted by Gasteiger charge is 2.13. The van der Waals surface area contributed by atoms with E-state index in [1.165, 1.54) is 11.3 Å². The second kappa shape index (κ2) is 9.86. The van der Waals surface area contributed by atoms with Crippen molar-refractivity contribution < 1.29 is 14.3 Å². The Kier molecular flexibility index (Phi) is 7.53. The summed E-state index contributed by atoms with van der Waals surface area (Å²) in [4.78, 5) is 24.1. The van der Waals surface area contributed by atoms with Crippen LogP contribution in [-0.2, 0) is 4.79 Å². The molecule has 2 rings (SSSR count). The van der Waals surface area contributed by atoms with Gasteiger partial charge in [-0.2, -0.15) is 0 Å². The molecule has 1 heterocycles. The monoisotopic (exact) mass is 376 g/mol. The number of methoxy groups -OCH3 is 1. The van der Waals surface area contributed by atoms with Gasteiger partial charge in [0, 0.05) is 24.4 Å². The average molecular weight is 376 g/mol. The van der Waals surface area contributed by atoms with Gasteiger partial charge in [-0.05, 0) is 24.6 Å². The number of nitrogens with zero attached hydrogens (tertiary/aromatic N) is 2. The van der Waals surface area contributed by atoms with Gasteiger partial charge in [0.15, 0.2) is 0 Å². The summed E-state index contributed by atoms with van der Waals surface area (Å²) >= 11 is 1.39. The van der Waals surface area contributed by atoms with E-state index >= 15 is 0 Å². The molecule has 2 aromatic rings. The SMILES string of the molecule is CCCC(C)c1nnc(NC(=O)CCNC(=O)c2cccc(OC)c2)s1. The molecule has 0 bridgehead atoms. The molecule has 0 radical (unpaired) electrons. The van der Waals surface area contributed by atoms with Crippen LogP contribution in [0.1, 0.15) is 54.4 Å². The fourth-order valence-corrected chi connectivity index (χ4v) is 3.22. The van der Waals surface area contributed by atoms with Gasteiger partial charge in [-0.3, -0.25) is 9.59 Å². The van der Waals surface area contributed by atoms with Crippen molar-refractivity contribution in [2.24, 2.45) is 0 Å². The minimum atomic E-state index is -0.247. The fourth-order valence-electron chi connectivity index (χ4n) is 2.38. The first-order valence-corrected chi connectivity index (χ1v) is 9.40. The van der Waals surface area contributed by atoms with Crippen molar-refractivity contribution >= 4 is 28.3 Å². The minimum Gasteiger partial charge on any atom is -0.497 e. The summed E-state index contributed by atoms with van der Waals surface area (Å²) in [5, 5.41) is 15.0. The Morgan fingerprint density at radius 1 is 1.31 bits per heavy atom. The summed E-state index contributed by atoms with van der Waals surface area (Å²) in [6, 6.07) is 6.85. The number of hydrogen-bond donors (Lipinski definition) is 2. The van der Waals surface area contributed by atoms with Gasteiger partial charge >= 0.3 is 0 Å². The highest BCUT2D eigenvalue weighted by molar-refractivity contribution is 7.15. The number of anilines is 1. The second-order valence-electron chi connectivity index (χ2n) is 5.92. The molecule has 0 fully saturated rings. The maximum absolute atomic E-state index is 12.1. The summed E-state index contributed by atoms with van der Waals surface area (Å²) in [5.41, 5.74) is 0.489. The van der Waals surface area contributed by atoms with Gasteiger partial charge in [0.2, 0.25) is 11.0 Å². The van der Waals surface area contributed by atoms with Crippen LogP contribution in [0, 0.1) is 0 Å². The van der Waals surface area contributed by atoms with E-state index in [1.54, 1.807) is 31.4 Å². The maximum atomic E-state index is 12.1. The van der Waals surface area contributed by atoms with Crippen LogP contribution in [0.4, 0.5) is 5.13 Å². The van der Waals surface area contributed by atoms with Crippen LogP contribution in [0.5, 0.6) is 5.75 Å². The summed E-state index contributed by atoms with van der Waals surface area (Å²) < 4.78 is 5.09. The van der Waals surface area contributed by atoms with E-state index in [4.69, 9.17) is 4.74 Å². The first kappa shape index (κ1) is 19.8. The molecule has 1 unspecified atom stereocenters. The van der Waals surface area contributed by atoms with Crippen LogP contribution in [0.15, 0.2) is 24.3 Å². The lowest BCUT2D eigenvalue weighted by atomic mass is 10.1. The highest BCUT2D eigenvalue weighted by Crippen LogP contribution is 2.26. The molecular formula is C18H24N4O3S. The lowest BCUT2D eigenvalue weighted by Crippen LogP contribution is -2.27. The number of carbonyl (C=O) groups is 2. The molecule has 0 saturated carbocycles. The first-order valence-electron chi connectivity index (χ1n) is 8.59. The zero-order valence-corrected chi connectivity index (χ0v) is 16.1. The van der Waals surface area contributed by atoms with E-state index in [-0.39, 0.29) is 24.8 Å². The number of aromatic nitrogens is 2. The molecule has 0 aliphatic heterocycles. The van der Waals surface area contributed by atoms with E-state index in [0.717, 1.165) is 17.8 Å². The fraction of sp³-hybridized carbons (Fsp3) is 0.444. The van der Waals surface area contributed by atoms with Gasteiger partial charge in [0.05, 0.1) is 7.11 Å². The molecule has 7 nitrogen and oxygen atoms in total. The molecule has 0 saturated heterocycles. The number of carbonyl (C=O) groups excluding carboxylic acids is 2. The summed E-state index contributed by atoms with van der Waals surface area (Å²) in [6.45, 7) is 4.46. The molecule has 1 aromatic carbocycles. The summed E-state index contributed by atoms with van der Waals surface area (Å²) in [6.07, 6.45) is 2.28. The summed E-state index contributed by atoms with van der Waals surface area (Å²) in [7, 11) is 1.54. The van der Waals surface area contributed by atoms with Crippen LogP contribution in [-0.4, -0.2) is 35.7 Å². The van der Waals surface area contributed by atoms with Gasteiger partial charge < -0.3 is 15.4 Å². The van der Waals surface area contributed by atoms with Gasteiger partial charge in [-0.15, -0.1) is 10.2 Å². The van der Waals surface area contributed by atoms with Crippen molar-refractivity contribution in [3.8, 4) is 5.75 Å². The van der Waals surface area contributed by atoms with Crippen molar-refractivity contribution in [1.29, 1.82) is 0 Å². The van der Waals surface area contributed by atoms with Crippen LogP contribution < -0.4 is 15.4 Å². The first-order chi connectivity index (χ1) is 12.5. The Balaban J connectivity index is 1.77. The van der Waals surface area contributed by atoms with Crippen LogP contribution in [0.3, 0.4) is 0 Å². The lowest BCUT2D eigenvalue weighted by molar-refractivity contribution is -0.116. The maximum Gasteiger partial charge on any atom is 0.251 e. The van der Waals surface area contributed by atoms with Crippen molar-refractivity contribution in [2.75, 3.05) is 19.0 Å². The third-order valence-corrected chi connectivity index (χ3v) is 4.87. The summed E-state index contributed by atoms with van der Waals surface area (Å²) in [5.74, 6) is 0.496. The Hall–Kier alpha value is -2.48. The van der Waals surface area contributed by atoms with Gasteiger partial charge in [0.25, 0.3) is 5.91 Å². The zero-order valence-electron chi connectivity index (χ0n) is 15.2. The smallest absolute Gasteiger partial charge is 0.251 e. The molecule has 8 heteroatoms. The molecule has 0 aliphatic rings. The molecule has 2 amide bonds.